The molecule has 1 aromatic rings. The zero-order valence-electron chi connectivity index (χ0n) is 11.7. The van der Waals surface area contributed by atoms with Gasteiger partial charge in [-0.3, -0.25) is 4.79 Å². The average molecular weight is 293 g/mol. The third-order valence-electron chi connectivity index (χ3n) is 3.36. The van der Waals surface area contributed by atoms with Gasteiger partial charge < -0.3 is 19.9 Å². The van der Waals surface area contributed by atoms with E-state index in [-0.39, 0.29) is 17.4 Å². The van der Waals surface area contributed by atoms with E-state index in [1.807, 2.05) is 0 Å². The third kappa shape index (κ3) is 4.75. The first-order chi connectivity index (χ1) is 10.2. The van der Waals surface area contributed by atoms with Crippen molar-refractivity contribution < 1.29 is 24.2 Å². The van der Waals surface area contributed by atoms with Crippen LogP contribution in [0.15, 0.2) is 24.3 Å². The summed E-state index contributed by atoms with van der Waals surface area (Å²) in [6.45, 7) is 2.06. The number of carboxylic acid groups (broad SMARTS) is 1. The number of rotatable bonds is 6. The minimum atomic E-state index is -0.967. The van der Waals surface area contributed by atoms with Crippen molar-refractivity contribution in [2.75, 3.05) is 26.4 Å². The molecule has 21 heavy (non-hydrogen) atoms. The van der Waals surface area contributed by atoms with E-state index >= 15 is 0 Å². The fraction of sp³-hybridized carbons (Fsp3) is 0.467. The largest absolute Gasteiger partial charge is 0.492 e. The maximum atomic E-state index is 11.8. The fourth-order valence-electron chi connectivity index (χ4n) is 2.14. The molecule has 0 saturated carbocycles. The number of nitrogens with one attached hydrogen (secondary N) is 1. The van der Waals surface area contributed by atoms with Crippen molar-refractivity contribution >= 4 is 11.9 Å². The van der Waals surface area contributed by atoms with Crippen molar-refractivity contribution in [1.29, 1.82) is 0 Å². The first kappa shape index (κ1) is 15.3. The Labute approximate surface area is 123 Å². The molecule has 1 aromatic carbocycles. The van der Waals surface area contributed by atoms with Crippen molar-refractivity contribution in [3.63, 3.8) is 0 Å². The molecule has 0 unspecified atom stereocenters. The third-order valence-corrected chi connectivity index (χ3v) is 3.36. The predicted octanol–water partition coefficient (Wildman–Crippen LogP) is 1.31. The minimum absolute atomic E-state index is 0.0357. The summed E-state index contributed by atoms with van der Waals surface area (Å²) in [4.78, 5) is 22.5. The molecule has 1 saturated heterocycles. The Morgan fingerprint density at radius 1 is 1.24 bits per heavy atom. The Balaban J connectivity index is 1.67. The van der Waals surface area contributed by atoms with Gasteiger partial charge in [0.05, 0.1) is 12.1 Å². The van der Waals surface area contributed by atoms with E-state index in [2.05, 4.69) is 5.32 Å². The van der Waals surface area contributed by atoms with E-state index < -0.39 is 5.97 Å². The molecule has 2 N–H and O–H groups in total. The Morgan fingerprint density at radius 3 is 2.52 bits per heavy atom. The summed E-state index contributed by atoms with van der Waals surface area (Å²) in [7, 11) is 0. The molecule has 1 aliphatic heterocycles. The first-order valence-electron chi connectivity index (χ1n) is 6.98. The zero-order valence-corrected chi connectivity index (χ0v) is 11.7. The number of ether oxygens (including phenoxy) is 2. The quantitative estimate of drug-likeness (QED) is 0.772. The van der Waals surface area contributed by atoms with Gasteiger partial charge in [-0.2, -0.15) is 0 Å². The lowest BCUT2D eigenvalue weighted by Gasteiger charge is -2.21. The number of carboxylic acids is 1. The van der Waals surface area contributed by atoms with Crippen molar-refractivity contribution in [1.82, 2.24) is 5.32 Å². The molecule has 0 spiro atoms. The summed E-state index contributed by atoms with van der Waals surface area (Å²) < 4.78 is 10.7. The molecule has 114 valence electrons. The summed E-state index contributed by atoms with van der Waals surface area (Å²) in [6.07, 6.45) is 1.53. The second-order valence-corrected chi connectivity index (χ2v) is 4.86. The van der Waals surface area contributed by atoms with Gasteiger partial charge in [0.1, 0.15) is 12.4 Å². The highest BCUT2D eigenvalue weighted by atomic mass is 16.5. The van der Waals surface area contributed by atoms with Crippen LogP contribution in [0, 0.1) is 5.92 Å². The van der Waals surface area contributed by atoms with Crippen LogP contribution < -0.4 is 10.1 Å². The number of hydrogen-bond acceptors (Lipinski definition) is 4. The second kappa shape index (κ2) is 7.64. The molecule has 6 nitrogen and oxygen atoms in total. The van der Waals surface area contributed by atoms with E-state index in [0.717, 1.165) is 12.8 Å². The van der Waals surface area contributed by atoms with Crippen LogP contribution in [0.25, 0.3) is 0 Å². The number of amides is 1. The van der Waals surface area contributed by atoms with Gasteiger partial charge in [-0.25, -0.2) is 4.79 Å². The lowest BCUT2D eigenvalue weighted by Crippen LogP contribution is -2.36. The number of carbonyl (C=O) groups excluding carboxylic acids is 1. The number of carbonyl (C=O) groups is 2. The molecule has 0 bridgehead atoms. The number of hydrogen-bond donors (Lipinski definition) is 2. The summed E-state index contributed by atoms with van der Waals surface area (Å²) in [6, 6.07) is 6.17. The van der Waals surface area contributed by atoms with Gasteiger partial charge in [0.15, 0.2) is 0 Å². The minimum Gasteiger partial charge on any atom is -0.492 e. The highest BCUT2D eigenvalue weighted by Gasteiger charge is 2.20. The molecule has 6 heteroatoms. The van der Waals surface area contributed by atoms with Gasteiger partial charge in [-0.1, -0.05) is 0 Å². The zero-order chi connectivity index (χ0) is 15.1. The molecule has 0 aliphatic carbocycles. The van der Waals surface area contributed by atoms with Gasteiger partial charge in [0.2, 0.25) is 5.91 Å². The summed E-state index contributed by atoms with van der Waals surface area (Å²) >= 11 is 0. The van der Waals surface area contributed by atoms with E-state index in [1.54, 1.807) is 12.1 Å². The van der Waals surface area contributed by atoms with Crippen LogP contribution in [-0.4, -0.2) is 43.3 Å². The monoisotopic (exact) mass is 293 g/mol. The highest BCUT2D eigenvalue weighted by Crippen LogP contribution is 2.14. The maximum absolute atomic E-state index is 11.8. The van der Waals surface area contributed by atoms with E-state index in [4.69, 9.17) is 14.6 Å². The van der Waals surface area contributed by atoms with E-state index in [1.165, 1.54) is 12.1 Å². The van der Waals surface area contributed by atoms with Crippen LogP contribution in [0.5, 0.6) is 5.75 Å². The predicted molar refractivity (Wildman–Crippen MR) is 75.4 cm³/mol. The molecule has 1 heterocycles. The second-order valence-electron chi connectivity index (χ2n) is 4.86. The summed E-state index contributed by atoms with van der Waals surface area (Å²) in [5.41, 5.74) is 0.218. The van der Waals surface area contributed by atoms with Gasteiger partial charge >= 0.3 is 5.97 Å². The standard InChI is InChI=1S/C15H19NO5/c17-14(11-5-8-20-9-6-11)16-7-10-21-13-3-1-12(2-4-13)15(18)19/h1-4,11H,5-10H2,(H,16,17)(H,18,19). The SMILES string of the molecule is O=C(O)c1ccc(OCCNC(=O)C2CCOCC2)cc1. The van der Waals surface area contributed by atoms with Gasteiger partial charge in [-0.05, 0) is 37.1 Å². The molecule has 1 amide bonds. The average Bonchev–Trinajstić information content (AvgIpc) is 2.52. The van der Waals surface area contributed by atoms with Crippen molar-refractivity contribution in [2.45, 2.75) is 12.8 Å². The van der Waals surface area contributed by atoms with Crippen molar-refractivity contribution in [3.05, 3.63) is 29.8 Å². The number of aromatic carboxylic acids is 1. The highest BCUT2D eigenvalue weighted by molar-refractivity contribution is 5.87. The molecule has 1 aliphatic rings. The topological polar surface area (TPSA) is 84.9 Å². The van der Waals surface area contributed by atoms with Crippen LogP contribution in [0.2, 0.25) is 0 Å². The molecule has 2 rings (SSSR count). The van der Waals surface area contributed by atoms with E-state index in [0.29, 0.717) is 32.1 Å². The lowest BCUT2D eigenvalue weighted by molar-refractivity contribution is -0.127. The molecular formula is C15H19NO5. The lowest BCUT2D eigenvalue weighted by atomic mass is 9.99. The summed E-state index contributed by atoms with van der Waals surface area (Å²) in [5, 5.41) is 11.6. The molecular weight excluding hydrogens is 274 g/mol. The Bertz CT molecular complexity index is 479. The normalized spacial score (nSPS) is 15.4. The van der Waals surface area contributed by atoms with Crippen LogP contribution in [0.3, 0.4) is 0 Å². The van der Waals surface area contributed by atoms with Crippen LogP contribution in [0.4, 0.5) is 0 Å². The Kier molecular flexibility index (Phi) is 5.57. The van der Waals surface area contributed by atoms with Crippen molar-refractivity contribution in [2.24, 2.45) is 5.92 Å². The van der Waals surface area contributed by atoms with Gasteiger partial charge in [-0.15, -0.1) is 0 Å². The van der Waals surface area contributed by atoms with Gasteiger partial charge in [0.25, 0.3) is 0 Å². The number of benzene rings is 1. The fourth-order valence-corrected chi connectivity index (χ4v) is 2.14. The van der Waals surface area contributed by atoms with Crippen LogP contribution in [0.1, 0.15) is 23.2 Å². The smallest absolute Gasteiger partial charge is 0.335 e. The van der Waals surface area contributed by atoms with Crippen molar-refractivity contribution in [3.8, 4) is 5.75 Å². The maximum Gasteiger partial charge on any atom is 0.335 e. The van der Waals surface area contributed by atoms with Gasteiger partial charge in [0, 0.05) is 19.1 Å². The molecule has 0 radical (unpaired) electrons. The van der Waals surface area contributed by atoms with Crippen LogP contribution in [-0.2, 0) is 9.53 Å². The molecule has 1 fully saturated rings. The van der Waals surface area contributed by atoms with E-state index in [9.17, 15) is 9.59 Å². The molecule has 0 aromatic heterocycles. The Hall–Kier alpha value is -2.08. The Morgan fingerprint density at radius 2 is 1.90 bits per heavy atom. The summed E-state index contributed by atoms with van der Waals surface area (Å²) in [5.74, 6) is -0.303. The van der Waals surface area contributed by atoms with Crippen LogP contribution >= 0.6 is 0 Å². The first-order valence-corrected chi connectivity index (χ1v) is 6.98. The molecule has 0 atom stereocenters.